The summed E-state index contributed by atoms with van der Waals surface area (Å²) >= 11 is 0. The lowest BCUT2D eigenvalue weighted by Gasteiger charge is -2.06. The third-order valence-electron chi connectivity index (χ3n) is 2.80. The Morgan fingerprint density at radius 2 is 1.78 bits per heavy atom. The maximum Gasteiger partial charge on any atom is 0.341 e. The number of aromatic nitrogens is 1. The van der Waals surface area contributed by atoms with Crippen LogP contribution in [0.1, 0.15) is 15.9 Å². The van der Waals surface area contributed by atoms with Gasteiger partial charge in [-0.1, -0.05) is 29.8 Å². The standard InChI is InChI=1S/C14H13NO3/c1-9-3-5-10(6-4-9)11-7-12(14(17)18)13(16)15(2)8-11/h3-8H,1-2H3,(H,17,18). The molecule has 0 fully saturated rings. The van der Waals surface area contributed by atoms with Crippen LogP contribution >= 0.6 is 0 Å². The molecule has 4 nitrogen and oxygen atoms in total. The van der Waals surface area contributed by atoms with Gasteiger partial charge in [-0.2, -0.15) is 0 Å². The zero-order chi connectivity index (χ0) is 13.3. The molecule has 1 N–H and O–H groups in total. The molecule has 1 aromatic heterocycles. The van der Waals surface area contributed by atoms with Crippen molar-refractivity contribution in [3.05, 3.63) is 58.0 Å². The van der Waals surface area contributed by atoms with Crippen LogP contribution in [0.15, 0.2) is 41.3 Å². The Hall–Kier alpha value is -2.36. The van der Waals surface area contributed by atoms with Gasteiger partial charge >= 0.3 is 5.97 Å². The van der Waals surface area contributed by atoms with Crippen molar-refractivity contribution in [1.29, 1.82) is 0 Å². The van der Waals surface area contributed by atoms with Crippen LogP contribution in [0.3, 0.4) is 0 Å². The highest BCUT2D eigenvalue weighted by atomic mass is 16.4. The lowest BCUT2D eigenvalue weighted by Crippen LogP contribution is -2.23. The summed E-state index contributed by atoms with van der Waals surface area (Å²) < 4.78 is 1.29. The molecule has 0 aliphatic rings. The first kappa shape index (κ1) is 12.1. The molecule has 0 radical (unpaired) electrons. The number of aryl methyl sites for hydroxylation is 2. The first-order chi connectivity index (χ1) is 8.49. The predicted molar refractivity (Wildman–Crippen MR) is 68.8 cm³/mol. The van der Waals surface area contributed by atoms with E-state index in [0.29, 0.717) is 0 Å². The number of nitrogens with zero attached hydrogens (tertiary/aromatic N) is 1. The van der Waals surface area contributed by atoms with Crippen molar-refractivity contribution in [2.45, 2.75) is 6.92 Å². The second-order valence-corrected chi connectivity index (χ2v) is 4.23. The van der Waals surface area contributed by atoms with Gasteiger partial charge in [0.15, 0.2) is 0 Å². The van der Waals surface area contributed by atoms with E-state index in [0.717, 1.165) is 16.7 Å². The highest BCUT2D eigenvalue weighted by Crippen LogP contribution is 2.19. The van der Waals surface area contributed by atoms with Gasteiger partial charge in [0.2, 0.25) is 0 Å². The molecular weight excluding hydrogens is 230 g/mol. The first-order valence-corrected chi connectivity index (χ1v) is 5.50. The lowest BCUT2D eigenvalue weighted by molar-refractivity contribution is 0.0694. The van der Waals surface area contributed by atoms with Crippen LogP contribution in [0.2, 0.25) is 0 Å². The van der Waals surface area contributed by atoms with Crippen LogP contribution in [0.4, 0.5) is 0 Å². The van der Waals surface area contributed by atoms with Crippen LogP contribution in [-0.4, -0.2) is 15.6 Å². The van der Waals surface area contributed by atoms with Crippen molar-refractivity contribution < 1.29 is 9.90 Å². The lowest BCUT2D eigenvalue weighted by atomic mass is 10.0. The Bertz CT molecular complexity index is 654. The Morgan fingerprint density at radius 1 is 1.17 bits per heavy atom. The minimum atomic E-state index is -1.20. The molecule has 2 rings (SSSR count). The smallest absolute Gasteiger partial charge is 0.341 e. The topological polar surface area (TPSA) is 59.3 Å². The average Bonchev–Trinajstić information content (AvgIpc) is 2.33. The Balaban J connectivity index is 2.62. The second kappa shape index (κ2) is 4.49. The molecule has 0 saturated heterocycles. The summed E-state index contributed by atoms with van der Waals surface area (Å²) in [6.45, 7) is 1.98. The molecule has 0 aliphatic carbocycles. The molecule has 92 valence electrons. The molecule has 4 heteroatoms. The van der Waals surface area contributed by atoms with Gasteiger partial charge in [0, 0.05) is 13.2 Å². The van der Waals surface area contributed by atoms with E-state index in [4.69, 9.17) is 5.11 Å². The largest absolute Gasteiger partial charge is 0.477 e. The van der Waals surface area contributed by atoms with Gasteiger partial charge in [0.25, 0.3) is 5.56 Å². The van der Waals surface area contributed by atoms with E-state index in [1.165, 1.54) is 10.6 Å². The van der Waals surface area contributed by atoms with Gasteiger partial charge in [0.05, 0.1) is 0 Å². The van der Waals surface area contributed by atoms with Gasteiger partial charge in [-0.25, -0.2) is 4.79 Å². The van der Waals surface area contributed by atoms with Gasteiger partial charge in [-0.15, -0.1) is 0 Å². The molecule has 0 aliphatic heterocycles. The summed E-state index contributed by atoms with van der Waals surface area (Å²) in [6, 6.07) is 9.11. The van der Waals surface area contributed by atoms with E-state index in [2.05, 4.69) is 0 Å². The van der Waals surface area contributed by atoms with E-state index >= 15 is 0 Å². The zero-order valence-corrected chi connectivity index (χ0v) is 10.2. The number of rotatable bonds is 2. The minimum Gasteiger partial charge on any atom is -0.477 e. The van der Waals surface area contributed by atoms with Crippen LogP contribution in [0.5, 0.6) is 0 Å². The maximum absolute atomic E-state index is 11.6. The summed E-state index contributed by atoms with van der Waals surface area (Å²) in [4.78, 5) is 22.6. The summed E-state index contributed by atoms with van der Waals surface area (Å²) in [7, 11) is 1.55. The molecular formula is C14H13NO3. The molecule has 1 aromatic carbocycles. The third-order valence-corrected chi connectivity index (χ3v) is 2.80. The quantitative estimate of drug-likeness (QED) is 0.878. The van der Waals surface area contributed by atoms with Crippen LogP contribution in [-0.2, 0) is 7.05 Å². The summed E-state index contributed by atoms with van der Waals surface area (Å²) in [5, 5.41) is 8.99. The van der Waals surface area contributed by atoms with Gasteiger partial charge in [0.1, 0.15) is 5.56 Å². The number of carboxylic acid groups (broad SMARTS) is 1. The van der Waals surface area contributed by atoms with E-state index in [9.17, 15) is 9.59 Å². The van der Waals surface area contributed by atoms with E-state index in [1.54, 1.807) is 13.2 Å². The van der Waals surface area contributed by atoms with E-state index in [-0.39, 0.29) is 5.56 Å². The highest BCUT2D eigenvalue weighted by molar-refractivity contribution is 5.88. The molecule has 0 amide bonds. The van der Waals surface area contributed by atoms with E-state index < -0.39 is 11.5 Å². The number of carbonyl (C=O) groups is 1. The fourth-order valence-corrected chi connectivity index (χ4v) is 1.77. The van der Waals surface area contributed by atoms with Gasteiger partial charge in [-0.05, 0) is 24.1 Å². The van der Waals surface area contributed by atoms with Crippen molar-refractivity contribution in [3.63, 3.8) is 0 Å². The van der Waals surface area contributed by atoms with Crippen LogP contribution < -0.4 is 5.56 Å². The fraction of sp³-hybridized carbons (Fsp3) is 0.143. The number of aromatic carboxylic acids is 1. The summed E-state index contributed by atoms with van der Waals surface area (Å²) in [6.07, 6.45) is 1.64. The Kier molecular flexibility index (Phi) is 3.02. The molecule has 2 aromatic rings. The molecule has 18 heavy (non-hydrogen) atoms. The number of benzene rings is 1. The highest BCUT2D eigenvalue weighted by Gasteiger charge is 2.12. The summed E-state index contributed by atoms with van der Waals surface area (Å²) in [5.41, 5.74) is 2.02. The Morgan fingerprint density at radius 3 is 2.33 bits per heavy atom. The minimum absolute atomic E-state index is 0.212. The maximum atomic E-state index is 11.6. The van der Waals surface area contributed by atoms with Crippen LogP contribution in [0.25, 0.3) is 11.1 Å². The van der Waals surface area contributed by atoms with Crippen molar-refractivity contribution in [3.8, 4) is 11.1 Å². The Labute approximate surface area is 104 Å². The number of pyridine rings is 1. The van der Waals surface area contributed by atoms with E-state index in [1.807, 2.05) is 31.2 Å². The molecule has 1 heterocycles. The normalized spacial score (nSPS) is 10.3. The van der Waals surface area contributed by atoms with Crippen molar-refractivity contribution in [2.24, 2.45) is 7.05 Å². The molecule has 0 atom stereocenters. The SMILES string of the molecule is Cc1ccc(-c2cc(C(=O)O)c(=O)n(C)c2)cc1. The number of hydrogen-bond donors (Lipinski definition) is 1. The van der Waals surface area contributed by atoms with Crippen molar-refractivity contribution in [2.75, 3.05) is 0 Å². The second-order valence-electron chi connectivity index (χ2n) is 4.23. The van der Waals surface area contributed by atoms with Gasteiger partial charge in [-0.3, -0.25) is 4.79 Å². The molecule has 0 bridgehead atoms. The van der Waals surface area contributed by atoms with Crippen molar-refractivity contribution >= 4 is 5.97 Å². The first-order valence-electron chi connectivity index (χ1n) is 5.50. The monoisotopic (exact) mass is 243 g/mol. The number of carboxylic acids is 1. The molecule has 0 spiro atoms. The molecule has 0 saturated carbocycles. The van der Waals surface area contributed by atoms with Crippen LogP contribution in [0, 0.1) is 6.92 Å². The average molecular weight is 243 g/mol. The van der Waals surface area contributed by atoms with Gasteiger partial charge < -0.3 is 9.67 Å². The van der Waals surface area contributed by atoms with Crippen molar-refractivity contribution in [1.82, 2.24) is 4.57 Å². The number of hydrogen-bond acceptors (Lipinski definition) is 2. The molecule has 0 unspecified atom stereocenters. The predicted octanol–water partition coefficient (Wildman–Crippen LogP) is 2.06. The fourth-order valence-electron chi connectivity index (χ4n) is 1.77. The third kappa shape index (κ3) is 2.18. The zero-order valence-electron chi connectivity index (χ0n) is 10.2. The summed E-state index contributed by atoms with van der Waals surface area (Å²) in [5.74, 6) is -1.20.